The minimum Gasteiger partial charge on any atom is -0.500 e. The summed E-state index contributed by atoms with van der Waals surface area (Å²) in [6.45, 7) is 0. The van der Waals surface area contributed by atoms with Crippen molar-refractivity contribution in [2.75, 3.05) is 14.2 Å². The van der Waals surface area contributed by atoms with Crippen LogP contribution in [0.1, 0.15) is 10.4 Å². The van der Waals surface area contributed by atoms with Gasteiger partial charge in [0.25, 0.3) is 5.91 Å². The number of rotatable bonds is 6. The number of esters is 1. The molecule has 0 heterocycles. The van der Waals surface area contributed by atoms with E-state index >= 15 is 0 Å². The average Bonchev–Trinajstić information content (AvgIpc) is 2.69. The summed E-state index contributed by atoms with van der Waals surface area (Å²) in [5, 5.41) is 2.10. The number of nitrogens with one attached hydrogen (secondary N) is 1. The van der Waals surface area contributed by atoms with E-state index in [9.17, 15) is 14.4 Å². The van der Waals surface area contributed by atoms with Crippen molar-refractivity contribution in [1.29, 1.82) is 0 Å². The molecule has 0 aromatic heterocycles. The minimum atomic E-state index is -1.00. The molecule has 0 spiro atoms. The van der Waals surface area contributed by atoms with E-state index in [4.69, 9.17) is 14.2 Å². The fourth-order valence-corrected chi connectivity index (χ4v) is 1.94. The van der Waals surface area contributed by atoms with Gasteiger partial charge in [0, 0.05) is 5.56 Å². The third kappa shape index (κ3) is 5.60. The van der Waals surface area contributed by atoms with Gasteiger partial charge in [-0.25, -0.2) is 9.59 Å². The van der Waals surface area contributed by atoms with Crippen LogP contribution in [0, 0.1) is 0 Å². The molecule has 1 N–H and O–H groups in total. The Balaban J connectivity index is 2.11. The van der Waals surface area contributed by atoms with Crippen LogP contribution in [0.5, 0.6) is 11.5 Å². The molecule has 0 radical (unpaired) electrons. The van der Waals surface area contributed by atoms with Crippen molar-refractivity contribution in [3.8, 4) is 11.5 Å². The van der Waals surface area contributed by atoms with E-state index in [0.29, 0.717) is 5.56 Å². The van der Waals surface area contributed by atoms with Crippen molar-refractivity contribution < 1.29 is 33.3 Å². The SMILES string of the molecule is CO/C=C(/Oc1ccccc1OC(=O)NC(=O)c1ccccc1)C(=O)OC. The van der Waals surface area contributed by atoms with Crippen molar-refractivity contribution in [1.82, 2.24) is 5.32 Å². The normalized spacial score (nSPS) is 10.5. The maximum absolute atomic E-state index is 12.0. The second-order valence-corrected chi connectivity index (χ2v) is 4.97. The van der Waals surface area contributed by atoms with Crippen molar-refractivity contribution in [2.45, 2.75) is 0 Å². The van der Waals surface area contributed by atoms with Crippen LogP contribution in [-0.2, 0) is 14.3 Å². The smallest absolute Gasteiger partial charge is 0.419 e. The Morgan fingerprint density at radius 1 is 0.852 bits per heavy atom. The summed E-state index contributed by atoms with van der Waals surface area (Å²) in [4.78, 5) is 35.7. The molecular weight excluding hydrogens is 354 g/mol. The number of amides is 2. The average molecular weight is 371 g/mol. The van der Waals surface area contributed by atoms with E-state index in [1.807, 2.05) is 0 Å². The van der Waals surface area contributed by atoms with Gasteiger partial charge in [-0.15, -0.1) is 0 Å². The number of benzene rings is 2. The molecule has 0 aliphatic carbocycles. The van der Waals surface area contributed by atoms with Crippen molar-refractivity contribution in [2.24, 2.45) is 0 Å². The zero-order chi connectivity index (χ0) is 19.6. The predicted octanol–water partition coefficient (Wildman–Crippen LogP) is 2.66. The highest BCUT2D eigenvalue weighted by atomic mass is 16.6. The number of carbonyl (C=O) groups is 3. The predicted molar refractivity (Wildman–Crippen MR) is 94.1 cm³/mol. The lowest BCUT2D eigenvalue weighted by Gasteiger charge is -2.12. The van der Waals surface area contributed by atoms with Crippen molar-refractivity contribution in [3.05, 3.63) is 72.2 Å². The Bertz CT molecular complexity index is 846. The summed E-state index contributed by atoms with van der Waals surface area (Å²) in [6.07, 6.45) is 0.0389. The summed E-state index contributed by atoms with van der Waals surface area (Å²) in [5.74, 6) is -1.61. The van der Waals surface area contributed by atoms with E-state index in [-0.39, 0.29) is 17.3 Å². The molecule has 0 aliphatic heterocycles. The number of hydrogen-bond acceptors (Lipinski definition) is 7. The van der Waals surface area contributed by atoms with Crippen LogP contribution in [-0.4, -0.2) is 32.2 Å². The van der Waals surface area contributed by atoms with Gasteiger partial charge >= 0.3 is 12.1 Å². The van der Waals surface area contributed by atoms with Crippen LogP contribution in [0.2, 0.25) is 0 Å². The van der Waals surface area contributed by atoms with Crippen LogP contribution in [0.3, 0.4) is 0 Å². The zero-order valence-electron chi connectivity index (χ0n) is 14.6. The molecule has 2 rings (SSSR count). The van der Waals surface area contributed by atoms with E-state index in [1.54, 1.807) is 42.5 Å². The van der Waals surface area contributed by atoms with Crippen molar-refractivity contribution in [3.63, 3.8) is 0 Å². The third-order valence-corrected chi connectivity index (χ3v) is 3.13. The molecule has 0 saturated heterocycles. The van der Waals surface area contributed by atoms with E-state index in [0.717, 1.165) is 6.26 Å². The molecule has 2 aromatic rings. The molecule has 0 atom stereocenters. The van der Waals surface area contributed by atoms with Gasteiger partial charge in [-0.2, -0.15) is 0 Å². The number of imide groups is 1. The van der Waals surface area contributed by atoms with E-state index < -0.39 is 18.0 Å². The van der Waals surface area contributed by atoms with Crippen LogP contribution < -0.4 is 14.8 Å². The Kier molecular flexibility index (Phi) is 6.95. The van der Waals surface area contributed by atoms with Crippen LogP contribution in [0.4, 0.5) is 4.79 Å². The van der Waals surface area contributed by atoms with Gasteiger partial charge in [0.15, 0.2) is 11.5 Å². The highest BCUT2D eigenvalue weighted by Crippen LogP contribution is 2.28. The van der Waals surface area contributed by atoms with Gasteiger partial charge in [0.2, 0.25) is 5.76 Å². The second-order valence-electron chi connectivity index (χ2n) is 4.97. The first-order chi connectivity index (χ1) is 13.0. The molecule has 8 nitrogen and oxygen atoms in total. The van der Waals surface area contributed by atoms with E-state index in [1.165, 1.54) is 26.4 Å². The lowest BCUT2D eigenvalue weighted by atomic mass is 10.2. The number of methoxy groups -OCH3 is 2. The fraction of sp³-hybridized carbons (Fsp3) is 0.105. The standard InChI is InChI=1S/C19H17NO7/c1-24-12-16(18(22)25-2)26-14-10-6-7-11-15(14)27-19(23)20-17(21)13-8-4-3-5-9-13/h3-12H,1-2H3,(H,20,21,23)/b16-12+. The number of para-hydroxylation sites is 2. The molecule has 8 heteroatoms. The Labute approximate surface area is 155 Å². The Morgan fingerprint density at radius 3 is 2.04 bits per heavy atom. The fourth-order valence-electron chi connectivity index (χ4n) is 1.94. The zero-order valence-corrected chi connectivity index (χ0v) is 14.6. The molecule has 0 fully saturated rings. The summed E-state index contributed by atoms with van der Waals surface area (Å²) in [7, 11) is 2.51. The topological polar surface area (TPSA) is 100 Å². The maximum atomic E-state index is 12.0. The molecule has 2 amide bonds. The maximum Gasteiger partial charge on any atom is 0.419 e. The van der Waals surface area contributed by atoms with E-state index in [2.05, 4.69) is 10.1 Å². The third-order valence-electron chi connectivity index (χ3n) is 3.13. The van der Waals surface area contributed by atoms with Crippen molar-refractivity contribution >= 4 is 18.0 Å². The van der Waals surface area contributed by atoms with Gasteiger partial charge in [-0.05, 0) is 24.3 Å². The first-order valence-electron chi connectivity index (χ1n) is 7.71. The highest BCUT2D eigenvalue weighted by molar-refractivity contribution is 6.03. The van der Waals surface area contributed by atoms with Crippen LogP contribution >= 0.6 is 0 Å². The molecule has 0 aliphatic rings. The molecular formula is C19H17NO7. The summed E-state index contributed by atoms with van der Waals surface area (Å²) in [6, 6.07) is 14.3. The van der Waals surface area contributed by atoms with Crippen LogP contribution in [0.25, 0.3) is 0 Å². The highest BCUT2D eigenvalue weighted by Gasteiger charge is 2.18. The molecule has 27 heavy (non-hydrogen) atoms. The quantitative estimate of drug-likeness (QED) is 0.473. The Hall–Kier alpha value is -3.81. The lowest BCUT2D eigenvalue weighted by Crippen LogP contribution is -2.33. The molecule has 2 aromatic carbocycles. The van der Waals surface area contributed by atoms with Crippen LogP contribution in [0.15, 0.2) is 66.6 Å². The monoisotopic (exact) mass is 371 g/mol. The first-order valence-corrected chi connectivity index (χ1v) is 7.71. The summed E-state index contributed by atoms with van der Waals surface area (Å²) >= 11 is 0. The summed E-state index contributed by atoms with van der Waals surface area (Å²) < 4.78 is 19.9. The van der Waals surface area contributed by atoms with Gasteiger partial charge in [-0.3, -0.25) is 10.1 Å². The first kappa shape index (κ1) is 19.5. The largest absolute Gasteiger partial charge is 0.500 e. The number of ether oxygens (including phenoxy) is 4. The summed E-state index contributed by atoms with van der Waals surface area (Å²) in [5.41, 5.74) is 0.301. The minimum absolute atomic E-state index is 0.0123. The lowest BCUT2D eigenvalue weighted by molar-refractivity contribution is -0.138. The molecule has 140 valence electrons. The van der Waals surface area contributed by atoms with Gasteiger partial charge < -0.3 is 18.9 Å². The Morgan fingerprint density at radius 2 is 1.44 bits per heavy atom. The number of carbonyl (C=O) groups excluding carboxylic acids is 3. The van der Waals surface area contributed by atoms with Gasteiger partial charge in [-0.1, -0.05) is 30.3 Å². The number of hydrogen-bond donors (Lipinski definition) is 1. The van der Waals surface area contributed by atoms with Gasteiger partial charge in [0.05, 0.1) is 14.2 Å². The molecule has 0 bridgehead atoms. The molecule has 0 saturated carbocycles. The molecule has 0 unspecified atom stereocenters. The van der Waals surface area contributed by atoms with Gasteiger partial charge in [0.1, 0.15) is 6.26 Å². The second kappa shape index (κ2) is 9.62.